The lowest BCUT2D eigenvalue weighted by Gasteiger charge is -2.06. The molecule has 1 aromatic rings. The second kappa shape index (κ2) is 9.47. The van der Waals surface area contributed by atoms with Gasteiger partial charge in [0.2, 0.25) is 10.0 Å². The highest BCUT2D eigenvalue weighted by Crippen LogP contribution is 2.09. The van der Waals surface area contributed by atoms with Crippen molar-refractivity contribution < 1.29 is 18.3 Å². The Kier molecular flexibility index (Phi) is 7.93. The summed E-state index contributed by atoms with van der Waals surface area (Å²) in [7, 11) is -1.93. The molecule has 0 aromatic carbocycles. The van der Waals surface area contributed by atoms with Crippen LogP contribution in [0.3, 0.4) is 0 Å². The summed E-state index contributed by atoms with van der Waals surface area (Å²) in [5.41, 5.74) is 0.451. The van der Waals surface area contributed by atoms with Crippen molar-refractivity contribution in [3.63, 3.8) is 0 Å². The van der Waals surface area contributed by atoms with Crippen molar-refractivity contribution in [3.8, 4) is 11.8 Å². The molecule has 0 spiro atoms. The van der Waals surface area contributed by atoms with Crippen molar-refractivity contribution in [2.24, 2.45) is 0 Å². The lowest BCUT2D eigenvalue weighted by Crippen LogP contribution is -2.25. The quantitative estimate of drug-likeness (QED) is 0.540. The van der Waals surface area contributed by atoms with Crippen molar-refractivity contribution in [1.29, 1.82) is 0 Å². The maximum atomic E-state index is 12.1. The van der Waals surface area contributed by atoms with E-state index in [4.69, 9.17) is 9.84 Å². The monoisotopic (exact) mass is 312 g/mol. The Morgan fingerprint density at radius 3 is 2.86 bits per heavy atom. The Hall–Kier alpha value is -1.46. The molecule has 0 atom stereocenters. The van der Waals surface area contributed by atoms with Crippen LogP contribution >= 0.6 is 0 Å². The first-order chi connectivity index (χ1) is 10.1. The van der Waals surface area contributed by atoms with E-state index < -0.39 is 10.0 Å². The molecule has 0 saturated heterocycles. The number of nitrogens with zero attached hydrogens (tertiary/aromatic N) is 1. The maximum absolute atomic E-state index is 12.1. The largest absolute Gasteiger partial charge is 0.385 e. The number of pyridine rings is 1. The molecule has 0 fully saturated rings. The lowest BCUT2D eigenvalue weighted by atomic mass is 10.2. The summed E-state index contributed by atoms with van der Waals surface area (Å²) in [6.07, 6.45) is 5.28. The van der Waals surface area contributed by atoms with Crippen molar-refractivity contribution in [3.05, 3.63) is 24.0 Å². The van der Waals surface area contributed by atoms with Gasteiger partial charge in [0.25, 0.3) is 0 Å². The summed E-state index contributed by atoms with van der Waals surface area (Å²) in [5.74, 6) is 5.08. The van der Waals surface area contributed by atoms with Gasteiger partial charge in [-0.2, -0.15) is 0 Å². The first-order valence-electron chi connectivity index (χ1n) is 6.63. The number of unbranched alkanes of at least 4 members (excludes halogenated alkanes) is 2. The fraction of sp³-hybridized carbons (Fsp3) is 0.500. The highest BCUT2D eigenvalue weighted by Gasteiger charge is 2.13. The Bertz CT molecular complexity index is 590. The second-order valence-electron chi connectivity index (χ2n) is 4.32. The first-order valence-corrected chi connectivity index (χ1v) is 8.12. The van der Waals surface area contributed by atoms with Crippen molar-refractivity contribution in [2.75, 3.05) is 26.9 Å². The summed E-state index contributed by atoms with van der Waals surface area (Å²) in [6.45, 7) is 0.775. The summed E-state index contributed by atoms with van der Waals surface area (Å²) in [4.78, 5) is 3.93. The molecule has 21 heavy (non-hydrogen) atoms. The summed E-state index contributed by atoms with van der Waals surface area (Å²) in [6, 6.07) is 1.43. The number of methoxy groups -OCH3 is 1. The predicted molar refractivity (Wildman–Crippen MR) is 79.1 cm³/mol. The van der Waals surface area contributed by atoms with Gasteiger partial charge in [-0.15, -0.1) is 0 Å². The molecule has 0 aliphatic rings. The van der Waals surface area contributed by atoms with Crippen LogP contribution in [0.2, 0.25) is 0 Å². The Morgan fingerprint density at radius 1 is 1.33 bits per heavy atom. The smallest absolute Gasteiger partial charge is 0.242 e. The third-order valence-electron chi connectivity index (χ3n) is 2.65. The number of aromatic nitrogens is 1. The molecule has 7 heteroatoms. The molecule has 0 aliphatic carbocycles. The minimum atomic E-state index is -3.57. The molecule has 0 radical (unpaired) electrons. The molecule has 1 rings (SSSR count). The fourth-order valence-corrected chi connectivity index (χ4v) is 2.68. The molecule has 0 bridgehead atoms. The third kappa shape index (κ3) is 6.69. The third-order valence-corrected chi connectivity index (χ3v) is 4.08. The number of hydrogen-bond donors (Lipinski definition) is 2. The van der Waals surface area contributed by atoms with E-state index in [-0.39, 0.29) is 11.5 Å². The molecule has 0 unspecified atom stereocenters. The Labute approximate surface area is 125 Å². The van der Waals surface area contributed by atoms with E-state index in [1.165, 1.54) is 18.5 Å². The molecule has 6 nitrogen and oxygen atoms in total. The molecule has 0 amide bonds. The summed E-state index contributed by atoms with van der Waals surface area (Å²) >= 11 is 0. The van der Waals surface area contributed by atoms with E-state index >= 15 is 0 Å². The Balaban J connectivity index is 2.57. The molecule has 2 N–H and O–H groups in total. The van der Waals surface area contributed by atoms with Gasteiger partial charge in [0.05, 0.1) is 0 Å². The summed E-state index contributed by atoms with van der Waals surface area (Å²) < 4.78 is 31.6. The minimum Gasteiger partial charge on any atom is -0.385 e. The van der Waals surface area contributed by atoms with Crippen LogP contribution in [0, 0.1) is 11.8 Å². The molecule has 0 saturated carbocycles. The van der Waals surface area contributed by atoms with E-state index in [9.17, 15) is 8.42 Å². The van der Waals surface area contributed by atoms with E-state index in [0.717, 1.165) is 19.3 Å². The van der Waals surface area contributed by atoms with Gasteiger partial charge in [-0.05, 0) is 25.3 Å². The highest BCUT2D eigenvalue weighted by atomic mass is 32.2. The average Bonchev–Trinajstić information content (AvgIpc) is 2.49. The zero-order chi connectivity index (χ0) is 15.6. The van der Waals surface area contributed by atoms with Crippen LogP contribution in [0.1, 0.15) is 24.8 Å². The van der Waals surface area contributed by atoms with Crippen LogP contribution in [-0.4, -0.2) is 45.4 Å². The number of aliphatic hydroxyl groups is 1. The zero-order valence-corrected chi connectivity index (χ0v) is 12.8. The maximum Gasteiger partial charge on any atom is 0.242 e. The molecule has 1 heterocycles. The van der Waals surface area contributed by atoms with Gasteiger partial charge in [0.1, 0.15) is 11.5 Å². The SMILES string of the molecule is COCCCCCNS(=O)(=O)c1cncc(C#CCO)c1. The normalized spacial score (nSPS) is 11.0. The molecular formula is C14H20N2O4S. The molecule has 116 valence electrons. The van der Waals surface area contributed by atoms with Gasteiger partial charge in [0.15, 0.2) is 0 Å². The number of sulfonamides is 1. The van der Waals surface area contributed by atoms with Gasteiger partial charge < -0.3 is 9.84 Å². The number of ether oxygens (including phenoxy) is 1. The highest BCUT2D eigenvalue weighted by molar-refractivity contribution is 7.89. The van der Waals surface area contributed by atoms with Crippen molar-refractivity contribution in [2.45, 2.75) is 24.2 Å². The van der Waals surface area contributed by atoms with Gasteiger partial charge in [-0.3, -0.25) is 4.98 Å². The minimum absolute atomic E-state index is 0.0733. The average molecular weight is 312 g/mol. The van der Waals surface area contributed by atoms with Crippen LogP contribution in [0.15, 0.2) is 23.4 Å². The van der Waals surface area contributed by atoms with E-state index in [1.807, 2.05) is 0 Å². The number of rotatable bonds is 8. The molecule has 0 aliphatic heterocycles. The standard InChI is InChI=1S/C14H20N2O4S/c1-20-9-4-2-3-7-16-21(18,19)14-10-13(6-5-8-17)11-15-12-14/h10-12,16-17H,2-4,7-9H2,1H3. The number of hydrogen-bond acceptors (Lipinski definition) is 5. The zero-order valence-electron chi connectivity index (χ0n) is 12.0. The van der Waals surface area contributed by atoms with E-state index in [0.29, 0.717) is 18.7 Å². The van der Waals surface area contributed by atoms with Crippen LogP contribution in [0.25, 0.3) is 0 Å². The lowest BCUT2D eigenvalue weighted by molar-refractivity contribution is 0.192. The van der Waals surface area contributed by atoms with Crippen molar-refractivity contribution in [1.82, 2.24) is 9.71 Å². The fourth-order valence-electron chi connectivity index (χ4n) is 1.61. The van der Waals surface area contributed by atoms with Gasteiger partial charge in [-0.25, -0.2) is 13.1 Å². The van der Waals surface area contributed by atoms with Crippen LogP contribution < -0.4 is 4.72 Å². The van der Waals surface area contributed by atoms with E-state index in [2.05, 4.69) is 21.5 Å². The van der Waals surface area contributed by atoms with Crippen molar-refractivity contribution >= 4 is 10.0 Å². The van der Waals surface area contributed by atoms with Gasteiger partial charge in [0, 0.05) is 38.2 Å². The van der Waals surface area contributed by atoms with Crippen LogP contribution in [-0.2, 0) is 14.8 Å². The second-order valence-corrected chi connectivity index (χ2v) is 6.09. The van der Waals surface area contributed by atoms with Gasteiger partial charge in [-0.1, -0.05) is 11.8 Å². The number of nitrogens with one attached hydrogen (secondary N) is 1. The summed E-state index contributed by atoms with van der Waals surface area (Å²) in [5, 5.41) is 8.63. The number of aliphatic hydroxyl groups excluding tert-OH is 1. The Morgan fingerprint density at radius 2 is 2.14 bits per heavy atom. The first kappa shape index (κ1) is 17.6. The van der Waals surface area contributed by atoms with Crippen LogP contribution in [0.4, 0.5) is 0 Å². The topological polar surface area (TPSA) is 88.5 Å². The van der Waals surface area contributed by atoms with E-state index in [1.54, 1.807) is 7.11 Å². The van der Waals surface area contributed by atoms with Crippen LogP contribution in [0.5, 0.6) is 0 Å². The molecule has 1 aromatic heterocycles. The predicted octanol–water partition coefficient (Wildman–Crippen LogP) is 0.520. The van der Waals surface area contributed by atoms with Gasteiger partial charge >= 0.3 is 0 Å². The molecular weight excluding hydrogens is 292 g/mol.